The second-order valence-electron chi connectivity index (χ2n) is 12.4. The van der Waals surface area contributed by atoms with Gasteiger partial charge in [0.25, 0.3) is 5.91 Å². The third-order valence-electron chi connectivity index (χ3n) is 10.4. The summed E-state index contributed by atoms with van der Waals surface area (Å²) >= 11 is 0. The second-order valence-corrected chi connectivity index (χ2v) is 12.4. The van der Waals surface area contributed by atoms with E-state index in [4.69, 9.17) is 20.2 Å². The normalized spacial score (nSPS) is 30.9. The number of carbonyl (C=O) groups is 1. The van der Waals surface area contributed by atoms with Crippen LogP contribution in [-0.2, 0) is 16.6 Å². The highest BCUT2D eigenvalue weighted by Crippen LogP contribution is 2.73. The van der Waals surface area contributed by atoms with Gasteiger partial charge in [0.2, 0.25) is 0 Å². The largest absolute Gasteiger partial charge is 0.497 e. The number of piperidine rings is 1. The van der Waals surface area contributed by atoms with Crippen LogP contribution in [0.5, 0.6) is 5.75 Å². The lowest BCUT2D eigenvalue weighted by Gasteiger charge is -2.38. The topological polar surface area (TPSA) is 130 Å². The number of hydrogen-bond donors (Lipinski definition) is 4. The Labute approximate surface area is 239 Å². The highest BCUT2D eigenvalue weighted by Gasteiger charge is 2.83. The predicted octanol–water partition coefficient (Wildman–Crippen LogP) is 1.77. The molecule has 3 aliphatic heterocycles. The molecule has 4 aliphatic rings. The number of aliphatic hydroxyl groups is 2. The van der Waals surface area contributed by atoms with Crippen LogP contribution in [0.15, 0.2) is 54.6 Å². The number of ether oxygens (including phenoxy) is 2. The Bertz CT molecular complexity index is 1490. The SMILES string of the molecule is COC[C@@H]([C@@H](O)[C@@H](O)[C@H](N)Cc1ccccc1)[C@@H]1CC[C@@]23C[C@@]24c2nc5ccc(OC)cc5cc2C(=O)N[C@H]4CN13. The van der Waals surface area contributed by atoms with Gasteiger partial charge in [0, 0.05) is 42.6 Å². The zero-order valence-corrected chi connectivity index (χ0v) is 23.5. The average molecular weight is 559 g/mol. The average Bonchev–Trinajstić information content (AvgIpc) is 3.40. The van der Waals surface area contributed by atoms with Gasteiger partial charge in [-0.25, -0.2) is 0 Å². The van der Waals surface area contributed by atoms with Gasteiger partial charge in [0.15, 0.2) is 0 Å². The molecule has 7 rings (SSSR count). The molecule has 3 aromatic rings. The summed E-state index contributed by atoms with van der Waals surface area (Å²) in [4.78, 5) is 20.9. The minimum atomic E-state index is -1.10. The van der Waals surface area contributed by atoms with E-state index in [2.05, 4.69) is 10.2 Å². The molecule has 5 N–H and O–H groups in total. The Morgan fingerprint density at radius 2 is 1.95 bits per heavy atom. The zero-order chi connectivity index (χ0) is 28.5. The van der Waals surface area contributed by atoms with Crippen LogP contribution in [0.3, 0.4) is 0 Å². The molecule has 0 unspecified atom stereocenters. The molecule has 9 heteroatoms. The Morgan fingerprint density at radius 3 is 2.71 bits per heavy atom. The molecule has 216 valence electrons. The molecule has 0 radical (unpaired) electrons. The number of nitrogens with two attached hydrogens (primary N) is 1. The summed E-state index contributed by atoms with van der Waals surface area (Å²) in [7, 11) is 3.26. The van der Waals surface area contributed by atoms with Crippen molar-refractivity contribution in [2.45, 2.75) is 67.0 Å². The first-order valence-electron chi connectivity index (χ1n) is 14.5. The Balaban J connectivity index is 1.18. The fourth-order valence-electron chi connectivity index (χ4n) is 8.46. The van der Waals surface area contributed by atoms with Gasteiger partial charge < -0.3 is 30.7 Å². The van der Waals surface area contributed by atoms with Gasteiger partial charge in [-0.1, -0.05) is 30.3 Å². The molecule has 1 amide bonds. The molecule has 8 atom stereocenters. The highest BCUT2D eigenvalue weighted by atomic mass is 16.5. The minimum Gasteiger partial charge on any atom is -0.497 e. The number of benzene rings is 2. The maximum Gasteiger partial charge on any atom is 0.253 e. The molecule has 3 fully saturated rings. The molecular formula is C32H38N4O5. The number of aromatic nitrogens is 1. The molecule has 2 spiro atoms. The van der Waals surface area contributed by atoms with Crippen molar-refractivity contribution in [3.63, 3.8) is 0 Å². The maximum absolute atomic E-state index is 13.3. The summed E-state index contributed by atoms with van der Waals surface area (Å²) in [6.07, 6.45) is 1.03. The van der Waals surface area contributed by atoms with Crippen LogP contribution in [0.2, 0.25) is 0 Å². The van der Waals surface area contributed by atoms with Gasteiger partial charge in [-0.15, -0.1) is 0 Å². The number of fused-ring (bicyclic) bond motifs is 2. The van der Waals surface area contributed by atoms with Crippen LogP contribution in [0, 0.1) is 5.92 Å². The van der Waals surface area contributed by atoms with Crippen molar-refractivity contribution in [3.05, 3.63) is 71.4 Å². The van der Waals surface area contributed by atoms with Crippen LogP contribution < -0.4 is 15.8 Å². The van der Waals surface area contributed by atoms with E-state index >= 15 is 0 Å². The van der Waals surface area contributed by atoms with Crippen molar-refractivity contribution >= 4 is 16.8 Å². The number of nitrogens with zero attached hydrogens (tertiary/aromatic N) is 2. The molecule has 1 saturated carbocycles. The van der Waals surface area contributed by atoms with Crippen LogP contribution in [-0.4, -0.2) is 89.2 Å². The maximum atomic E-state index is 13.3. The standard InChI is InChI=1S/C32H38N4O5/c1-40-16-22(27(37)28(38)23(33)12-18-6-4-3-5-7-18)25-10-11-31-17-32(31)26(15-36(25)31)35-30(39)21-14-19-13-20(41-2)8-9-24(19)34-29(21)32/h3-9,13-14,22-23,25-28,37-38H,10-12,15-17,33H2,1-2H3,(H,35,39)/t22-,23-,25+,26+,27-,28+,31-,32-/m1/s1. The first kappa shape index (κ1) is 26.8. The van der Waals surface area contributed by atoms with E-state index in [1.54, 1.807) is 14.2 Å². The molecular weight excluding hydrogens is 520 g/mol. The van der Waals surface area contributed by atoms with Crippen molar-refractivity contribution in [1.82, 2.24) is 15.2 Å². The van der Waals surface area contributed by atoms with E-state index in [9.17, 15) is 15.0 Å². The molecule has 9 nitrogen and oxygen atoms in total. The predicted molar refractivity (Wildman–Crippen MR) is 154 cm³/mol. The van der Waals surface area contributed by atoms with Gasteiger partial charge in [-0.2, -0.15) is 0 Å². The van der Waals surface area contributed by atoms with Crippen molar-refractivity contribution in [3.8, 4) is 5.75 Å². The van der Waals surface area contributed by atoms with Gasteiger partial charge in [0.05, 0.1) is 54.2 Å². The fourth-order valence-corrected chi connectivity index (χ4v) is 8.46. The van der Waals surface area contributed by atoms with E-state index in [-0.39, 0.29) is 34.9 Å². The van der Waals surface area contributed by atoms with E-state index in [0.717, 1.165) is 47.2 Å². The summed E-state index contributed by atoms with van der Waals surface area (Å²) in [5, 5.41) is 26.9. The number of aliphatic hydroxyl groups excluding tert-OH is 2. The summed E-state index contributed by atoms with van der Waals surface area (Å²) in [5.41, 5.74) is 9.42. The van der Waals surface area contributed by atoms with Gasteiger partial charge in [-0.3, -0.25) is 14.7 Å². The van der Waals surface area contributed by atoms with Crippen molar-refractivity contribution in [2.24, 2.45) is 11.7 Å². The second kappa shape index (κ2) is 9.74. The molecule has 4 heterocycles. The lowest BCUT2D eigenvalue weighted by molar-refractivity contribution is -0.0716. The monoisotopic (exact) mass is 558 g/mol. The zero-order valence-electron chi connectivity index (χ0n) is 23.5. The Hall–Kier alpha value is -3.08. The Morgan fingerprint density at radius 1 is 1.15 bits per heavy atom. The highest BCUT2D eigenvalue weighted by molar-refractivity contribution is 6.01. The third-order valence-corrected chi connectivity index (χ3v) is 10.4. The van der Waals surface area contributed by atoms with E-state index in [0.29, 0.717) is 25.1 Å². The van der Waals surface area contributed by atoms with Crippen molar-refractivity contribution in [2.75, 3.05) is 27.4 Å². The summed E-state index contributed by atoms with van der Waals surface area (Å²) in [5.74, 6) is 0.304. The smallest absolute Gasteiger partial charge is 0.253 e. The summed E-state index contributed by atoms with van der Waals surface area (Å²) < 4.78 is 11.0. The summed E-state index contributed by atoms with van der Waals surface area (Å²) in [6, 6.07) is 16.8. The van der Waals surface area contributed by atoms with Crippen LogP contribution >= 0.6 is 0 Å². The number of methoxy groups -OCH3 is 2. The van der Waals surface area contributed by atoms with E-state index in [1.165, 1.54) is 0 Å². The number of nitrogens with one attached hydrogen (secondary N) is 1. The van der Waals surface area contributed by atoms with Crippen molar-refractivity contribution in [1.29, 1.82) is 0 Å². The number of rotatable bonds is 9. The quantitative estimate of drug-likeness (QED) is 0.313. The molecule has 1 aromatic heterocycles. The van der Waals surface area contributed by atoms with Crippen LogP contribution in [0.25, 0.3) is 10.9 Å². The molecule has 2 aromatic carbocycles. The van der Waals surface area contributed by atoms with E-state index in [1.807, 2.05) is 54.6 Å². The van der Waals surface area contributed by atoms with Gasteiger partial charge in [0.1, 0.15) is 5.75 Å². The molecule has 1 aliphatic carbocycles. The lowest BCUT2D eigenvalue weighted by Crippen LogP contribution is -2.54. The third kappa shape index (κ3) is 3.87. The number of amides is 1. The molecule has 41 heavy (non-hydrogen) atoms. The number of pyridine rings is 1. The van der Waals surface area contributed by atoms with Gasteiger partial charge in [-0.05, 0) is 55.5 Å². The molecule has 0 bridgehead atoms. The van der Waals surface area contributed by atoms with Gasteiger partial charge >= 0.3 is 0 Å². The number of hydrogen-bond acceptors (Lipinski definition) is 8. The van der Waals surface area contributed by atoms with Crippen LogP contribution in [0.4, 0.5) is 0 Å². The Kier molecular flexibility index (Phi) is 6.37. The van der Waals surface area contributed by atoms with E-state index < -0.39 is 18.2 Å². The first-order valence-corrected chi connectivity index (χ1v) is 14.5. The first-order chi connectivity index (χ1) is 19.8. The number of carbonyl (C=O) groups excluding carboxylic acids is 1. The molecule has 2 saturated heterocycles. The minimum absolute atomic E-state index is 0.0152. The summed E-state index contributed by atoms with van der Waals surface area (Å²) in [6.45, 7) is 0.982. The fraction of sp³-hybridized carbons (Fsp3) is 0.500. The lowest BCUT2D eigenvalue weighted by atomic mass is 9.82. The van der Waals surface area contributed by atoms with Crippen LogP contribution in [0.1, 0.15) is 40.9 Å². The van der Waals surface area contributed by atoms with Crippen molar-refractivity contribution < 1.29 is 24.5 Å².